The molecule has 4 heterocycles. The largest absolute Gasteiger partial charge is 0.506 e. The van der Waals surface area contributed by atoms with Crippen LogP contribution in [0.4, 0.5) is 9.18 Å². The number of unbranched alkanes of at least 4 members (excludes halogenated alkanes) is 1. The first-order chi connectivity index (χ1) is 47.2. The van der Waals surface area contributed by atoms with Crippen molar-refractivity contribution < 1.29 is 77.6 Å². The summed E-state index contributed by atoms with van der Waals surface area (Å²) in [5, 5.41) is 73.9. The summed E-state index contributed by atoms with van der Waals surface area (Å²) in [5.74, 6) is -8.20. The zero-order valence-corrected chi connectivity index (χ0v) is 55.1. The summed E-state index contributed by atoms with van der Waals surface area (Å²) in [5.41, 5.74) is -1.49. The van der Waals surface area contributed by atoms with Crippen molar-refractivity contribution in [2.24, 2.45) is 0 Å². The summed E-state index contributed by atoms with van der Waals surface area (Å²) in [4.78, 5) is 157. The summed E-state index contributed by atoms with van der Waals surface area (Å²) in [7, 11) is 0. The maximum absolute atomic E-state index is 14.6. The molecule has 4 aromatic rings. The van der Waals surface area contributed by atoms with E-state index in [4.69, 9.17) is 0 Å². The molecule has 530 valence electrons. The number of para-hydroxylation sites is 4. The lowest BCUT2D eigenvalue weighted by molar-refractivity contribution is -0.121. The second-order valence-corrected chi connectivity index (χ2v) is 24.0. The van der Waals surface area contributed by atoms with Crippen molar-refractivity contribution in [2.75, 3.05) is 157 Å². The molecule has 98 heavy (non-hydrogen) atoms. The predicted molar refractivity (Wildman–Crippen MR) is 358 cm³/mol. The number of amides is 10. The third kappa shape index (κ3) is 23.5. The molecule has 3 unspecified atom stereocenters. The van der Waals surface area contributed by atoms with E-state index < -0.39 is 82.5 Å². The lowest BCUT2D eigenvalue weighted by Crippen LogP contribution is -2.49. The number of phenolic OH excluding ortho intramolecular Hbond substituents is 4. The van der Waals surface area contributed by atoms with Crippen LogP contribution < -0.4 is 53.2 Å². The lowest BCUT2D eigenvalue weighted by atomic mass is 10.0. The molecule has 0 fully saturated rings. The second-order valence-electron chi connectivity index (χ2n) is 24.0. The Balaban J connectivity index is 1.25. The minimum absolute atomic E-state index is 0.00368. The summed E-state index contributed by atoms with van der Waals surface area (Å²) in [6.45, 7) is 4.05. The number of carbonyl (C=O) groups is 11. The Bertz CT molecular complexity index is 3380. The third-order valence-electron chi connectivity index (χ3n) is 17.0. The Morgan fingerprint density at radius 3 is 1.08 bits per heavy atom. The van der Waals surface area contributed by atoms with Crippen LogP contribution in [0.1, 0.15) is 128 Å². The highest BCUT2D eigenvalue weighted by atomic mass is 19.1. The molecule has 10 amide bonds. The van der Waals surface area contributed by atoms with Crippen LogP contribution in [0, 0.1) is 0 Å². The molecular formula is C67H90FN15O15. The van der Waals surface area contributed by atoms with Crippen molar-refractivity contribution in [3.63, 3.8) is 0 Å². The SMILES string of the molecule is CC(=O)CCCN(CCNC(=O)F)CCC(=O)NCCCCC1CN2CCNC(=O)c3cccc(c3O)C(=O)NCCN(CCNC(=O)c3cccc(c3O)C(=O)N1)CCN1CCNC(=O)c3cccc(c3O)C(=O)NCCN(CCNC(=O)c3cccc(c3O)C(=O)NCC1)CC2. The Labute approximate surface area is 567 Å². The molecule has 0 saturated heterocycles. The number of carbonyl (C=O) groups excluding carboxylic acids is 11. The van der Waals surface area contributed by atoms with E-state index in [9.17, 15) is 77.6 Å². The van der Waals surface area contributed by atoms with Crippen molar-refractivity contribution in [3.05, 3.63) is 117 Å². The number of aromatic hydroxyl groups is 4. The van der Waals surface area contributed by atoms with Crippen molar-refractivity contribution in [2.45, 2.75) is 51.5 Å². The van der Waals surface area contributed by atoms with Gasteiger partial charge >= 0.3 is 6.16 Å². The fourth-order valence-corrected chi connectivity index (χ4v) is 11.5. The second kappa shape index (κ2) is 38.8. The standard InChI is InChI=1S/C67H90FN15O15/c1-44(84)9-8-29-79(37-28-77-67(68)98)30-19-54(85)69-20-3-2-10-45-43-83-38-27-76-64(95)51-16-6-15-50(57(51)88)61(92)72-23-33-81(34-24-75-65(96)52-17-7-18-53(58(52)89)66(97)78-45)40-39-80-31-21-70-59(90)46-11-4-13-48(55(46)86)62(93)73-25-35-82(41-42-83)36-26-74-63(94)49-14-5-12-47(56(49)87)60(91)71-22-32-80/h4-7,11-18,45,86-89H,2-3,8-10,19-43H2,1H3,(H,69,85)(H,70,90)(H,71,91)(H,72,92)(H,73,93)(H,74,94)(H,75,96)(H,76,95)(H,77,98)(H,78,97). The predicted octanol–water partition coefficient (Wildman–Crippen LogP) is 0.0923. The van der Waals surface area contributed by atoms with E-state index in [0.29, 0.717) is 32.2 Å². The Morgan fingerprint density at radius 1 is 0.418 bits per heavy atom. The van der Waals surface area contributed by atoms with E-state index in [0.717, 1.165) is 0 Å². The Morgan fingerprint density at radius 2 is 0.745 bits per heavy atom. The van der Waals surface area contributed by atoms with E-state index in [-0.39, 0.29) is 220 Å². The van der Waals surface area contributed by atoms with Gasteiger partial charge in [0.1, 0.15) is 28.8 Å². The molecule has 4 aliphatic heterocycles. The molecule has 0 aromatic heterocycles. The quantitative estimate of drug-likeness (QED) is 0.0426. The first kappa shape index (κ1) is 75.6. The van der Waals surface area contributed by atoms with Gasteiger partial charge in [-0.1, -0.05) is 24.3 Å². The van der Waals surface area contributed by atoms with Gasteiger partial charge in [0.15, 0.2) is 0 Å². The number of fused-ring (bicyclic) bond motifs is 16. The van der Waals surface area contributed by atoms with Gasteiger partial charge in [-0.15, -0.1) is 4.39 Å². The average molecular weight is 1360 g/mol. The maximum atomic E-state index is 14.6. The first-order valence-electron chi connectivity index (χ1n) is 33.0. The molecule has 31 heteroatoms. The number of halogens is 1. The van der Waals surface area contributed by atoms with Crippen molar-refractivity contribution >= 4 is 65.1 Å². The Hall–Kier alpha value is -9.82. The van der Waals surface area contributed by atoms with E-state index in [1.54, 1.807) is 0 Å². The lowest BCUT2D eigenvalue weighted by Gasteiger charge is -2.31. The number of ketones is 1. The smallest absolute Gasteiger partial charge is 0.397 e. The molecule has 0 radical (unpaired) electrons. The van der Waals surface area contributed by atoms with E-state index >= 15 is 0 Å². The van der Waals surface area contributed by atoms with Gasteiger partial charge in [0, 0.05) is 169 Å². The van der Waals surface area contributed by atoms with Crippen LogP contribution in [0.25, 0.3) is 0 Å². The number of hydrogen-bond donors (Lipinski definition) is 14. The van der Waals surface area contributed by atoms with Gasteiger partial charge in [0.25, 0.3) is 47.3 Å². The number of rotatable bonds is 15. The monoisotopic (exact) mass is 1360 g/mol. The third-order valence-corrected chi connectivity index (χ3v) is 17.0. The van der Waals surface area contributed by atoms with E-state index in [2.05, 4.69) is 53.2 Å². The minimum atomic E-state index is -1.68. The topological polar surface area (TPSA) is 405 Å². The van der Waals surface area contributed by atoms with Crippen LogP contribution in [0.5, 0.6) is 23.0 Å². The van der Waals surface area contributed by atoms with Gasteiger partial charge in [-0.25, -0.2) is 4.79 Å². The Kier molecular flexibility index (Phi) is 29.9. The zero-order valence-electron chi connectivity index (χ0n) is 55.1. The van der Waals surface area contributed by atoms with Crippen LogP contribution in [0.3, 0.4) is 0 Å². The number of Topliss-reactive ketones (excluding diaryl/α,β-unsaturated/α-hetero) is 1. The molecular weight excluding hydrogens is 1270 g/mol. The highest BCUT2D eigenvalue weighted by Gasteiger charge is 2.27. The highest BCUT2D eigenvalue weighted by Crippen LogP contribution is 2.26. The van der Waals surface area contributed by atoms with Gasteiger partial charge in [-0.05, 0) is 87.7 Å². The molecule has 30 nitrogen and oxygen atoms in total. The number of phenols is 4. The average Bonchev–Trinajstić information content (AvgIpc) is 0.908. The van der Waals surface area contributed by atoms with E-state index in [1.807, 2.05) is 24.5 Å². The van der Waals surface area contributed by atoms with Gasteiger partial charge in [-0.3, -0.25) is 62.8 Å². The van der Waals surface area contributed by atoms with Crippen molar-refractivity contribution in [1.29, 1.82) is 0 Å². The maximum Gasteiger partial charge on any atom is 0.397 e. The number of benzene rings is 4. The molecule has 12 bridgehead atoms. The number of hydrogen-bond acceptors (Lipinski definition) is 20. The fourth-order valence-electron chi connectivity index (χ4n) is 11.5. The van der Waals surface area contributed by atoms with E-state index in [1.165, 1.54) is 79.7 Å². The summed E-state index contributed by atoms with van der Waals surface area (Å²) < 4.78 is 12.9. The zero-order chi connectivity index (χ0) is 70.5. The first-order valence-corrected chi connectivity index (χ1v) is 33.0. The van der Waals surface area contributed by atoms with Crippen molar-refractivity contribution in [1.82, 2.24) is 77.7 Å². The molecule has 0 saturated carbocycles. The summed E-state index contributed by atoms with van der Waals surface area (Å²) >= 11 is 0. The molecule has 14 N–H and O–H groups in total. The molecule has 4 aromatic carbocycles. The van der Waals surface area contributed by atoms with Gasteiger partial charge < -0.3 is 83.3 Å². The minimum Gasteiger partial charge on any atom is -0.506 e. The highest BCUT2D eigenvalue weighted by molar-refractivity contribution is 6.06. The van der Waals surface area contributed by atoms with Gasteiger partial charge in [0.05, 0.1) is 44.5 Å². The molecule has 8 rings (SSSR count). The van der Waals surface area contributed by atoms with Gasteiger partial charge in [0.2, 0.25) is 5.91 Å². The molecule has 3 atom stereocenters. The summed E-state index contributed by atoms with van der Waals surface area (Å²) in [6, 6.07) is 16.0. The van der Waals surface area contributed by atoms with Crippen molar-refractivity contribution in [3.8, 4) is 23.0 Å². The van der Waals surface area contributed by atoms with Crippen LogP contribution in [0.2, 0.25) is 0 Å². The van der Waals surface area contributed by atoms with Crippen LogP contribution in [-0.4, -0.2) is 273 Å². The molecule has 0 spiro atoms. The van der Waals surface area contributed by atoms with Crippen LogP contribution in [0.15, 0.2) is 72.8 Å². The van der Waals surface area contributed by atoms with Gasteiger partial charge in [-0.2, -0.15) is 0 Å². The van der Waals surface area contributed by atoms with Crippen LogP contribution >= 0.6 is 0 Å². The van der Waals surface area contributed by atoms with Crippen LogP contribution in [-0.2, 0) is 9.59 Å². The fraction of sp³-hybridized carbons (Fsp3) is 0.478. The molecule has 0 aliphatic carbocycles. The number of nitrogens with zero attached hydrogens (tertiary/aromatic N) is 5. The summed E-state index contributed by atoms with van der Waals surface area (Å²) in [6.07, 6.45) is 0.251. The number of nitrogens with one attached hydrogen (secondary N) is 10. The normalized spacial score (nSPS) is 20.3. The molecule has 4 aliphatic rings.